The first kappa shape index (κ1) is 19.5. The number of hydrogen-bond acceptors (Lipinski definition) is 4. The molecule has 142 valence electrons. The van der Waals surface area contributed by atoms with E-state index in [0.717, 1.165) is 39.0 Å². The lowest BCUT2D eigenvalue weighted by Gasteiger charge is -2.33. The van der Waals surface area contributed by atoms with Crippen molar-refractivity contribution in [2.24, 2.45) is 5.41 Å². The summed E-state index contributed by atoms with van der Waals surface area (Å²) in [5.74, 6) is 0.850. The Morgan fingerprint density at radius 1 is 1.11 bits per heavy atom. The molecule has 0 radical (unpaired) electrons. The summed E-state index contributed by atoms with van der Waals surface area (Å²) in [5.41, 5.74) is 3.17. The molecule has 0 bridgehead atoms. The van der Waals surface area contributed by atoms with Gasteiger partial charge in [0.2, 0.25) is 0 Å². The lowest BCUT2D eigenvalue weighted by atomic mass is 9.86. The molecule has 1 heterocycles. The minimum Gasteiger partial charge on any atom is -0.497 e. The highest BCUT2D eigenvalue weighted by atomic mass is 79.9. The van der Waals surface area contributed by atoms with Gasteiger partial charge in [-0.15, -0.1) is 0 Å². The normalized spacial score (nSPS) is 12.6. The van der Waals surface area contributed by atoms with E-state index in [4.69, 9.17) is 4.74 Å². The topological polar surface area (TPSA) is 46.2 Å². The molecule has 2 aromatic carbocycles. The van der Waals surface area contributed by atoms with Gasteiger partial charge < -0.3 is 15.4 Å². The van der Waals surface area contributed by atoms with E-state index in [1.165, 1.54) is 0 Å². The van der Waals surface area contributed by atoms with Crippen LogP contribution in [0, 0.1) is 5.41 Å². The largest absolute Gasteiger partial charge is 0.497 e. The summed E-state index contributed by atoms with van der Waals surface area (Å²) >= 11 is 3.64. The molecule has 0 saturated carbocycles. The van der Waals surface area contributed by atoms with Crippen LogP contribution in [0.25, 0.3) is 10.9 Å². The highest BCUT2D eigenvalue weighted by molar-refractivity contribution is 9.10. The van der Waals surface area contributed by atoms with Crippen LogP contribution in [0.15, 0.2) is 59.2 Å². The molecule has 0 aliphatic carbocycles. The Hall–Kier alpha value is -2.27. The van der Waals surface area contributed by atoms with Crippen LogP contribution < -0.4 is 15.4 Å². The molecule has 0 aliphatic heterocycles. The van der Waals surface area contributed by atoms with Gasteiger partial charge in [-0.1, -0.05) is 45.0 Å². The van der Waals surface area contributed by atoms with Gasteiger partial charge in [0.15, 0.2) is 0 Å². The molecule has 0 fully saturated rings. The van der Waals surface area contributed by atoms with E-state index in [2.05, 4.69) is 64.5 Å². The highest BCUT2D eigenvalue weighted by Crippen LogP contribution is 2.31. The van der Waals surface area contributed by atoms with Gasteiger partial charge in [0.05, 0.1) is 22.8 Å². The van der Waals surface area contributed by atoms with Crippen LogP contribution in [0.5, 0.6) is 5.75 Å². The standard InChI is InChI=1S/C22H26BrN3O/c1-22(2,3)20(26-15-8-7-9-16(12-15)27-4)14-25-21-17-10-5-6-11-19(17)24-13-18(21)23/h5-13,20,26H,14H2,1-4H3,(H,24,25). The van der Waals surface area contributed by atoms with Gasteiger partial charge in [-0.25, -0.2) is 0 Å². The van der Waals surface area contributed by atoms with Gasteiger partial charge in [0.25, 0.3) is 0 Å². The van der Waals surface area contributed by atoms with Crippen molar-refractivity contribution in [3.8, 4) is 5.75 Å². The number of hydrogen-bond donors (Lipinski definition) is 2. The number of fused-ring (bicyclic) bond motifs is 1. The molecule has 1 aromatic heterocycles. The maximum atomic E-state index is 5.35. The molecule has 0 saturated heterocycles. The third-order valence-electron chi connectivity index (χ3n) is 4.67. The summed E-state index contributed by atoms with van der Waals surface area (Å²) in [5, 5.41) is 8.40. The maximum Gasteiger partial charge on any atom is 0.120 e. The second-order valence-corrected chi connectivity index (χ2v) is 8.53. The monoisotopic (exact) mass is 427 g/mol. The first-order valence-corrected chi connectivity index (χ1v) is 9.85. The van der Waals surface area contributed by atoms with E-state index < -0.39 is 0 Å². The number of anilines is 2. The summed E-state index contributed by atoms with van der Waals surface area (Å²) < 4.78 is 6.31. The molecule has 0 aliphatic rings. The van der Waals surface area contributed by atoms with Gasteiger partial charge in [-0.2, -0.15) is 0 Å². The van der Waals surface area contributed by atoms with Crippen LogP contribution in [0.4, 0.5) is 11.4 Å². The van der Waals surface area contributed by atoms with Crippen LogP contribution >= 0.6 is 15.9 Å². The smallest absolute Gasteiger partial charge is 0.120 e. The quantitative estimate of drug-likeness (QED) is 0.510. The van der Waals surface area contributed by atoms with E-state index in [-0.39, 0.29) is 11.5 Å². The number of nitrogens with one attached hydrogen (secondary N) is 2. The van der Waals surface area contributed by atoms with Crippen LogP contribution in [0.1, 0.15) is 20.8 Å². The van der Waals surface area contributed by atoms with Crippen molar-refractivity contribution in [3.05, 3.63) is 59.2 Å². The first-order chi connectivity index (χ1) is 12.9. The van der Waals surface area contributed by atoms with E-state index >= 15 is 0 Å². The Morgan fingerprint density at radius 2 is 1.89 bits per heavy atom. The fourth-order valence-electron chi connectivity index (χ4n) is 2.99. The molecular weight excluding hydrogens is 402 g/mol. The first-order valence-electron chi connectivity index (χ1n) is 9.06. The summed E-state index contributed by atoms with van der Waals surface area (Å²) in [6, 6.07) is 16.4. The van der Waals surface area contributed by atoms with Gasteiger partial charge in [0.1, 0.15) is 5.75 Å². The Bertz CT molecular complexity index is 921. The third kappa shape index (κ3) is 4.72. The average Bonchev–Trinajstić information content (AvgIpc) is 2.65. The van der Waals surface area contributed by atoms with Gasteiger partial charge >= 0.3 is 0 Å². The number of halogens is 1. The number of pyridine rings is 1. The van der Waals surface area contributed by atoms with Crippen LogP contribution in [-0.4, -0.2) is 24.7 Å². The van der Waals surface area contributed by atoms with Crippen molar-refractivity contribution < 1.29 is 4.74 Å². The number of benzene rings is 2. The zero-order chi connectivity index (χ0) is 19.4. The molecule has 1 atom stereocenters. The van der Waals surface area contributed by atoms with E-state index in [1.54, 1.807) is 7.11 Å². The molecule has 5 heteroatoms. The maximum absolute atomic E-state index is 5.35. The van der Waals surface area contributed by atoms with E-state index in [1.807, 2.05) is 42.6 Å². The fourth-order valence-corrected chi connectivity index (χ4v) is 3.44. The Kier molecular flexibility index (Phi) is 5.90. The summed E-state index contributed by atoms with van der Waals surface area (Å²) in [6.07, 6.45) is 1.85. The van der Waals surface area contributed by atoms with Crippen LogP contribution in [0.3, 0.4) is 0 Å². The average molecular weight is 428 g/mol. The molecule has 0 amide bonds. The van der Waals surface area contributed by atoms with Gasteiger partial charge in [-0.05, 0) is 39.5 Å². The number of methoxy groups -OCH3 is 1. The summed E-state index contributed by atoms with van der Waals surface area (Å²) in [4.78, 5) is 4.49. The fraction of sp³-hybridized carbons (Fsp3) is 0.318. The number of rotatable bonds is 6. The summed E-state index contributed by atoms with van der Waals surface area (Å²) in [7, 11) is 1.69. The second kappa shape index (κ2) is 8.17. The van der Waals surface area contributed by atoms with Crippen LogP contribution in [-0.2, 0) is 0 Å². The molecule has 1 unspecified atom stereocenters. The van der Waals surface area contributed by atoms with E-state index in [0.29, 0.717) is 0 Å². The molecule has 4 nitrogen and oxygen atoms in total. The minimum atomic E-state index is 0.0609. The van der Waals surface area contributed by atoms with Crippen molar-refractivity contribution >= 4 is 38.2 Å². The Morgan fingerprint density at radius 3 is 2.63 bits per heavy atom. The van der Waals surface area contributed by atoms with Crippen molar-refractivity contribution in [3.63, 3.8) is 0 Å². The van der Waals surface area contributed by atoms with Crippen molar-refractivity contribution in [1.82, 2.24) is 4.98 Å². The second-order valence-electron chi connectivity index (χ2n) is 7.67. The Balaban J connectivity index is 1.83. The van der Waals surface area contributed by atoms with Crippen LogP contribution in [0.2, 0.25) is 0 Å². The number of para-hydroxylation sites is 1. The SMILES string of the molecule is COc1cccc(NC(CNc2c(Br)cnc3ccccc23)C(C)(C)C)c1. The molecule has 27 heavy (non-hydrogen) atoms. The number of ether oxygens (including phenoxy) is 1. The Labute approximate surface area is 169 Å². The lowest BCUT2D eigenvalue weighted by Crippen LogP contribution is -2.40. The van der Waals surface area contributed by atoms with Gasteiger partial charge in [0, 0.05) is 35.9 Å². The van der Waals surface area contributed by atoms with Crippen molar-refractivity contribution in [2.75, 3.05) is 24.3 Å². The predicted molar refractivity (Wildman–Crippen MR) is 118 cm³/mol. The highest BCUT2D eigenvalue weighted by Gasteiger charge is 2.25. The number of aromatic nitrogens is 1. The molecule has 3 rings (SSSR count). The minimum absolute atomic E-state index is 0.0609. The lowest BCUT2D eigenvalue weighted by molar-refractivity contribution is 0.351. The molecule has 0 spiro atoms. The predicted octanol–water partition coefficient (Wildman–Crippen LogP) is 5.94. The molecule has 3 aromatic rings. The number of nitrogens with zero attached hydrogens (tertiary/aromatic N) is 1. The molecule has 2 N–H and O–H groups in total. The van der Waals surface area contributed by atoms with E-state index in [9.17, 15) is 0 Å². The van der Waals surface area contributed by atoms with Gasteiger partial charge in [-0.3, -0.25) is 4.98 Å². The zero-order valence-corrected chi connectivity index (χ0v) is 17.8. The zero-order valence-electron chi connectivity index (χ0n) is 16.2. The third-order valence-corrected chi connectivity index (χ3v) is 5.27. The molecular formula is C22H26BrN3O. The van der Waals surface area contributed by atoms with Crippen molar-refractivity contribution in [1.29, 1.82) is 0 Å². The summed E-state index contributed by atoms with van der Waals surface area (Å²) in [6.45, 7) is 7.50. The van der Waals surface area contributed by atoms with Crippen molar-refractivity contribution in [2.45, 2.75) is 26.8 Å².